The van der Waals surface area contributed by atoms with Crippen molar-refractivity contribution in [3.8, 4) is 11.8 Å². The summed E-state index contributed by atoms with van der Waals surface area (Å²) < 4.78 is 9.32. The van der Waals surface area contributed by atoms with E-state index in [1.807, 2.05) is 6.26 Å². The summed E-state index contributed by atoms with van der Waals surface area (Å²) in [5.41, 5.74) is 4.58. The summed E-state index contributed by atoms with van der Waals surface area (Å²) in [5, 5.41) is 0. The maximum absolute atomic E-state index is 9.59. The standard InChI is InChI=1S/C21H27NO.C3H6O2/c1-6-14-22(4)21(2,3)13-12-17-10-11-18-8-7-9-19(16-23-5)20(18)15-17;1-3(4)5-2/h7-8,10-11,15-16H,6,9,14H2,1-5H3;1-2H3. The molecule has 1 aliphatic rings. The molecule has 0 spiro atoms. The van der Waals surface area contributed by atoms with E-state index in [-0.39, 0.29) is 11.5 Å². The Balaban J connectivity index is 0.000000696. The molecule has 0 saturated heterocycles. The van der Waals surface area contributed by atoms with Crippen LogP contribution in [0.3, 0.4) is 0 Å². The fourth-order valence-electron chi connectivity index (χ4n) is 2.67. The van der Waals surface area contributed by atoms with Gasteiger partial charge in [-0.3, -0.25) is 9.69 Å². The lowest BCUT2D eigenvalue weighted by molar-refractivity contribution is -0.137. The molecule has 0 bridgehead atoms. The van der Waals surface area contributed by atoms with Gasteiger partial charge < -0.3 is 9.47 Å². The maximum Gasteiger partial charge on any atom is 0.302 e. The molecule has 0 unspecified atom stereocenters. The molecule has 0 fully saturated rings. The number of carbonyl (C=O) groups excluding carboxylic acids is 1. The highest BCUT2D eigenvalue weighted by atomic mass is 16.5. The van der Waals surface area contributed by atoms with E-state index in [0.717, 1.165) is 24.9 Å². The van der Waals surface area contributed by atoms with Gasteiger partial charge in [-0.2, -0.15) is 0 Å². The number of esters is 1. The molecule has 1 aromatic rings. The van der Waals surface area contributed by atoms with E-state index in [0.29, 0.717) is 0 Å². The van der Waals surface area contributed by atoms with Gasteiger partial charge >= 0.3 is 5.97 Å². The van der Waals surface area contributed by atoms with E-state index in [1.54, 1.807) is 7.11 Å². The third-order valence-electron chi connectivity index (χ3n) is 4.61. The predicted octanol–water partition coefficient (Wildman–Crippen LogP) is 4.74. The monoisotopic (exact) mass is 383 g/mol. The van der Waals surface area contributed by atoms with Crippen molar-refractivity contribution in [2.24, 2.45) is 0 Å². The molecule has 1 aromatic carbocycles. The Hall–Kier alpha value is -2.51. The van der Waals surface area contributed by atoms with Gasteiger partial charge in [0.15, 0.2) is 0 Å². The van der Waals surface area contributed by atoms with E-state index in [4.69, 9.17) is 4.74 Å². The minimum atomic E-state index is -0.245. The summed E-state index contributed by atoms with van der Waals surface area (Å²) in [4.78, 5) is 11.9. The largest absolute Gasteiger partial charge is 0.504 e. The van der Waals surface area contributed by atoms with Crippen LogP contribution in [-0.2, 0) is 14.3 Å². The Bertz CT molecular complexity index is 779. The normalized spacial score (nSPS) is 13.8. The SMILES string of the molecule is CCCN(C)C(C)(C)C#Cc1ccc2c(c1)C(=COC)CC=C2.COC(C)=O. The lowest BCUT2D eigenvalue weighted by Gasteiger charge is -2.30. The highest BCUT2D eigenvalue weighted by Crippen LogP contribution is 2.29. The summed E-state index contributed by atoms with van der Waals surface area (Å²) >= 11 is 0. The Morgan fingerprint density at radius 3 is 2.57 bits per heavy atom. The number of benzene rings is 1. The number of fused-ring (bicyclic) bond motifs is 1. The van der Waals surface area contributed by atoms with Gasteiger partial charge in [0.1, 0.15) is 0 Å². The smallest absolute Gasteiger partial charge is 0.302 e. The van der Waals surface area contributed by atoms with Crippen LogP contribution in [0.5, 0.6) is 0 Å². The Labute approximate surface area is 170 Å². The lowest BCUT2D eigenvalue weighted by atomic mass is 9.91. The van der Waals surface area contributed by atoms with Crippen molar-refractivity contribution in [1.29, 1.82) is 0 Å². The molecule has 0 aromatic heterocycles. The predicted molar refractivity (Wildman–Crippen MR) is 117 cm³/mol. The van der Waals surface area contributed by atoms with Gasteiger partial charge in [0.05, 0.1) is 26.0 Å². The number of nitrogens with zero attached hydrogens (tertiary/aromatic N) is 1. The number of hydrogen-bond acceptors (Lipinski definition) is 4. The summed E-state index contributed by atoms with van der Waals surface area (Å²) in [6.07, 6.45) is 8.21. The van der Waals surface area contributed by atoms with Gasteiger partial charge in [0, 0.05) is 12.5 Å². The summed E-state index contributed by atoms with van der Waals surface area (Å²) in [6.45, 7) is 8.96. The second-order valence-electron chi connectivity index (χ2n) is 7.21. The second-order valence-corrected chi connectivity index (χ2v) is 7.21. The molecule has 0 heterocycles. The van der Waals surface area contributed by atoms with Crippen molar-refractivity contribution < 1.29 is 14.3 Å². The van der Waals surface area contributed by atoms with Crippen LogP contribution in [0.2, 0.25) is 0 Å². The zero-order valence-corrected chi connectivity index (χ0v) is 18.3. The van der Waals surface area contributed by atoms with Gasteiger partial charge in [-0.05, 0) is 69.1 Å². The van der Waals surface area contributed by atoms with Crippen molar-refractivity contribution in [3.63, 3.8) is 0 Å². The van der Waals surface area contributed by atoms with E-state index in [9.17, 15) is 4.79 Å². The van der Waals surface area contributed by atoms with E-state index in [2.05, 4.69) is 79.6 Å². The van der Waals surface area contributed by atoms with Crippen LogP contribution < -0.4 is 0 Å². The first-order chi connectivity index (χ1) is 13.2. The molecule has 0 radical (unpaired) electrons. The third-order valence-corrected chi connectivity index (χ3v) is 4.61. The number of allylic oxidation sites excluding steroid dienone is 2. The van der Waals surface area contributed by atoms with Crippen LogP contribution >= 0.6 is 0 Å². The van der Waals surface area contributed by atoms with Crippen LogP contribution in [-0.4, -0.2) is 44.2 Å². The topological polar surface area (TPSA) is 38.8 Å². The Morgan fingerprint density at radius 2 is 2.00 bits per heavy atom. The highest BCUT2D eigenvalue weighted by molar-refractivity contribution is 5.79. The molecular weight excluding hydrogens is 350 g/mol. The number of rotatable bonds is 4. The minimum absolute atomic E-state index is 0.128. The summed E-state index contributed by atoms with van der Waals surface area (Å²) in [6, 6.07) is 6.41. The number of methoxy groups -OCH3 is 2. The maximum atomic E-state index is 9.59. The highest BCUT2D eigenvalue weighted by Gasteiger charge is 2.19. The zero-order chi connectivity index (χ0) is 21.2. The molecular formula is C24H33NO3. The van der Waals surface area contributed by atoms with Crippen LogP contribution in [0.25, 0.3) is 11.6 Å². The average molecular weight is 384 g/mol. The van der Waals surface area contributed by atoms with E-state index in [1.165, 1.54) is 30.7 Å². The number of ether oxygens (including phenoxy) is 2. The fourth-order valence-corrected chi connectivity index (χ4v) is 2.67. The molecule has 152 valence electrons. The third kappa shape index (κ3) is 7.25. The lowest BCUT2D eigenvalue weighted by Crippen LogP contribution is -2.40. The molecule has 1 aliphatic carbocycles. The molecule has 4 nitrogen and oxygen atoms in total. The summed E-state index contributed by atoms with van der Waals surface area (Å²) in [5.74, 6) is 6.53. The van der Waals surface area contributed by atoms with E-state index >= 15 is 0 Å². The van der Waals surface area contributed by atoms with Gasteiger partial charge in [0.25, 0.3) is 0 Å². The van der Waals surface area contributed by atoms with Crippen molar-refractivity contribution in [1.82, 2.24) is 4.90 Å². The van der Waals surface area contributed by atoms with E-state index < -0.39 is 0 Å². The Morgan fingerprint density at radius 1 is 1.32 bits per heavy atom. The quantitative estimate of drug-likeness (QED) is 0.428. The molecule has 2 rings (SSSR count). The van der Waals surface area contributed by atoms with Crippen molar-refractivity contribution >= 4 is 17.6 Å². The molecule has 0 N–H and O–H groups in total. The van der Waals surface area contributed by atoms with Crippen LogP contribution in [0.1, 0.15) is 57.2 Å². The van der Waals surface area contributed by atoms with Crippen molar-refractivity contribution in [2.45, 2.75) is 46.1 Å². The van der Waals surface area contributed by atoms with Crippen molar-refractivity contribution in [2.75, 3.05) is 27.8 Å². The number of carbonyl (C=O) groups is 1. The average Bonchev–Trinajstić information content (AvgIpc) is 2.67. The molecule has 0 aliphatic heterocycles. The van der Waals surface area contributed by atoms with Crippen LogP contribution in [0.4, 0.5) is 0 Å². The van der Waals surface area contributed by atoms with Gasteiger partial charge in [0.2, 0.25) is 0 Å². The van der Waals surface area contributed by atoms with Crippen LogP contribution in [0.15, 0.2) is 30.5 Å². The molecule has 4 heteroatoms. The summed E-state index contributed by atoms with van der Waals surface area (Å²) in [7, 11) is 5.18. The minimum Gasteiger partial charge on any atom is -0.504 e. The van der Waals surface area contributed by atoms with Crippen LogP contribution in [0, 0.1) is 11.8 Å². The second kappa shape index (κ2) is 11.4. The molecule has 0 atom stereocenters. The fraction of sp³-hybridized carbons (Fsp3) is 0.458. The first-order valence-electron chi connectivity index (χ1n) is 9.57. The number of hydrogen-bond donors (Lipinski definition) is 0. The van der Waals surface area contributed by atoms with Gasteiger partial charge in [-0.1, -0.05) is 37.0 Å². The van der Waals surface area contributed by atoms with Crippen molar-refractivity contribution in [3.05, 3.63) is 47.2 Å². The zero-order valence-electron chi connectivity index (χ0n) is 18.3. The Kier molecular flexibility index (Phi) is 9.55. The molecule has 28 heavy (non-hydrogen) atoms. The molecule has 0 amide bonds. The first kappa shape index (κ1) is 23.5. The molecule has 0 saturated carbocycles. The van der Waals surface area contributed by atoms with Gasteiger partial charge in [-0.15, -0.1) is 0 Å². The first-order valence-corrected chi connectivity index (χ1v) is 9.57. The van der Waals surface area contributed by atoms with Gasteiger partial charge in [-0.25, -0.2) is 0 Å².